The van der Waals surface area contributed by atoms with Gasteiger partial charge in [0.05, 0.1) is 5.69 Å². The minimum absolute atomic E-state index is 0.752. The largest absolute Gasteiger partial charge is 0.399 e. The molecule has 3 aromatic rings. The van der Waals surface area contributed by atoms with E-state index in [-0.39, 0.29) is 0 Å². The molecule has 0 radical (unpaired) electrons. The average molecular weight is 289 g/mol. The molecule has 3 nitrogen and oxygen atoms in total. The summed E-state index contributed by atoms with van der Waals surface area (Å²) in [5.74, 6) is 0.948. The van der Waals surface area contributed by atoms with E-state index in [4.69, 9.17) is 10.7 Å². The molecular formula is C19H19N3. The summed E-state index contributed by atoms with van der Waals surface area (Å²) in [7, 11) is 2.05. The summed E-state index contributed by atoms with van der Waals surface area (Å²) in [6.07, 6.45) is 0. The highest BCUT2D eigenvalue weighted by atomic mass is 15.2. The zero-order chi connectivity index (χ0) is 15.4. The molecule has 1 heterocycles. The Hall–Kier alpha value is -2.81. The Morgan fingerprint density at radius 2 is 1.68 bits per heavy atom. The Labute approximate surface area is 131 Å². The van der Waals surface area contributed by atoms with Crippen LogP contribution in [0.15, 0.2) is 72.8 Å². The molecule has 0 saturated carbocycles. The standard InChI is InChI=1S/C19H19N3/c1-22(14-15-7-3-2-4-8-15)19-12-6-11-18(21-19)16-9-5-10-17(20)13-16/h2-13H,14,20H2,1H3. The third-order valence-electron chi connectivity index (χ3n) is 3.57. The van der Waals surface area contributed by atoms with E-state index in [9.17, 15) is 0 Å². The highest BCUT2D eigenvalue weighted by Crippen LogP contribution is 2.22. The second kappa shape index (κ2) is 6.31. The number of anilines is 2. The third kappa shape index (κ3) is 3.26. The number of aromatic nitrogens is 1. The van der Waals surface area contributed by atoms with Crippen LogP contribution in [0.25, 0.3) is 11.3 Å². The van der Waals surface area contributed by atoms with E-state index in [1.807, 2.05) is 48.5 Å². The van der Waals surface area contributed by atoms with Crippen molar-refractivity contribution in [3.05, 3.63) is 78.4 Å². The second-order valence-electron chi connectivity index (χ2n) is 5.35. The maximum Gasteiger partial charge on any atom is 0.129 e. The van der Waals surface area contributed by atoms with Gasteiger partial charge in [0.1, 0.15) is 5.82 Å². The van der Waals surface area contributed by atoms with Gasteiger partial charge in [-0.2, -0.15) is 0 Å². The lowest BCUT2D eigenvalue weighted by Gasteiger charge is -2.19. The molecule has 2 aromatic carbocycles. The molecule has 0 spiro atoms. The van der Waals surface area contributed by atoms with Crippen molar-refractivity contribution in [2.24, 2.45) is 0 Å². The molecule has 0 aliphatic rings. The Morgan fingerprint density at radius 3 is 2.45 bits per heavy atom. The minimum Gasteiger partial charge on any atom is -0.399 e. The molecule has 110 valence electrons. The minimum atomic E-state index is 0.752. The topological polar surface area (TPSA) is 42.1 Å². The van der Waals surface area contributed by atoms with Gasteiger partial charge in [-0.3, -0.25) is 0 Å². The van der Waals surface area contributed by atoms with Crippen molar-refractivity contribution in [2.75, 3.05) is 17.7 Å². The zero-order valence-corrected chi connectivity index (χ0v) is 12.6. The van der Waals surface area contributed by atoms with E-state index in [2.05, 4.69) is 36.2 Å². The first-order chi connectivity index (χ1) is 10.7. The van der Waals surface area contributed by atoms with Crippen LogP contribution in [0, 0.1) is 0 Å². The fraction of sp³-hybridized carbons (Fsp3) is 0.105. The highest BCUT2D eigenvalue weighted by Gasteiger charge is 2.06. The van der Waals surface area contributed by atoms with Gasteiger partial charge in [-0.15, -0.1) is 0 Å². The van der Waals surface area contributed by atoms with Gasteiger partial charge in [0, 0.05) is 24.8 Å². The van der Waals surface area contributed by atoms with Crippen molar-refractivity contribution in [2.45, 2.75) is 6.54 Å². The number of pyridine rings is 1. The van der Waals surface area contributed by atoms with Gasteiger partial charge >= 0.3 is 0 Å². The summed E-state index contributed by atoms with van der Waals surface area (Å²) < 4.78 is 0. The predicted molar refractivity (Wildman–Crippen MR) is 92.6 cm³/mol. The number of hydrogen-bond donors (Lipinski definition) is 1. The predicted octanol–water partition coefficient (Wildman–Crippen LogP) is 3.97. The van der Waals surface area contributed by atoms with E-state index < -0.39 is 0 Å². The van der Waals surface area contributed by atoms with Crippen LogP contribution in [0.2, 0.25) is 0 Å². The van der Waals surface area contributed by atoms with Crippen LogP contribution in [0.1, 0.15) is 5.56 Å². The van der Waals surface area contributed by atoms with Crippen LogP contribution in [0.3, 0.4) is 0 Å². The Kier molecular flexibility index (Phi) is 4.05. The Morgan fingerprint density at radius 1 is 0.909 bits per heavy atom. The Balaban J connectivity index is 1.84. The highest BCUT2D eigenvalue weighted by molar-refractivity contribution is 5.65. The van der Waals surface area contributed by atoms with Gasteiger partial charge in [0.2, 0.25) is 0 Å². The smallest absolute Gasteiger partial charge is 0.129 e. The molecule has 0 aliphatic carbocycles. The monoisotopic (exact) mass is 289 g/mol. The van der Waals surface area contributed by atoms with Gasteiger partial charge < -0.3 is 10.6 Å². The molecule has 3 heteroatoms. The van der Waals surface area contributed by atoms with Crippen molar-refractivity contribution >= 4 is 11.5 Å². The van der Waals surface area contributed by atoms with Crippen molar-refractivity contribution in [1.29, 1.82) is 0 Å². The van der Waals surface area contributed by atoms with E-state index in [0.29, 0.717) is 0 Å². The van der Waals surface area contributed by atoms with Gasteiger partial charge in [-0.1, -0.05) is 48.5 Å². The van der Waals surface area contributed by atoms with Gasteiger partial charge in [0.15, 0.2) is 0 Å². The molecule has 2 N–H and O–H groups in total. The van der Waals surface area contributed by atoms with Crippen LogP contribution in [-0.2, 0) is 6.54 Å². The number of nitrogens with zero attached hydrogens (tertiary/aromatic N) is 2. The lowest BCUT2D eigenvalue weighted by Crippen LogP contribution is -2.17. The molecule has 0 bridgehead atoms. The molecule has 0 atom stereocenters. The molecule has 0 amide bonds. The summed E-state index contributed by atoms with van der Waals surface area (Å²) in [5.41, 5.74) is 9.85. The van der Waals surface area contributed by atoms with E-state index in [0.717, 1.165) is 29.3 Å². The molecule has 0 fully saturated rings. The number of nitrogen functional groups attached to an aromatic ring is 1. The summed E-state index contributed by atoms with van der Waals surface area (Å²) >= 11 is 0. The van der Waals surface area contributed by atoms with E-state index in [1.54, 1.807) is 0 Å². The van der Waals surface area contributed by atoms with Gasteiger partial charge in [-0.25, -0.2) is 4.98 Å². The van der Waals surface area contributed by atoms with Crippen LogP contribution in [0.5, 0.6) is 0 Å². The van der Waals surface area contributed by atoms with Crippen molar-refractivity contribution in [1.82, 2.24) is 4.98 Å². The molecular weight excluding hydrogens is 270 g/mol. The van der Waals surface area contributed by atoms with Gasteiger partial charge in [-0.05, 0) is 29.8 Å². The summed E-state index contributed by atoms with van der Waals surface area (Å²) in [4.78, 5) is 6.89. The quantitative estimate of drug-likeness (QED) is 0.739. The van der Waals surface area contributed by atoms with Crippen molar-refractivity contribution < 1.29 is 0 Å². The molecule has 0 saturated heterocycles. The summed E-state index contributed by atoms with van der Waals surface area (Å²) in [6, 6.07) is 24.3. The molecule has 3 rings (SSSR count). The fourth-order valence-electron chi connectivity index (χ4n) is 2.43. The second-order valence-corrected chi connectivity index (χ2v) is 5.35. The maximum absolute atomic E-state index is 5.86. The Bertz CT molecular complexity index is 753. The third-order valence-corrected chi connectivity index (χ3v) is 3.57. The molecule has 0 unspecified atom stereocenters. The summed E-state index contributed by atoms with van der Waals surface area (Å²) in [6.45, 7) is 0.828. The maximum atomic E-state index is 5.86. The molecule has 0 aliphatic heterocycles. The van der Waals surface area contributed by atoms with Crippen LogP contribution < -0.4 is 10.6 Å². The van der Waals surface area contributed by atoms with Gasteiger partial charge in [0.25, 0.3) is 0 Å². The van der Waals surface area contributed by atoms with Crippen LogP contribution in [-0.4, -0.2) is 12.0 Å². The van der Waals surface area contributed by atoms with Crippen molar-refractivity contribution in [3.63, 3.8) is 0 Å². The number of hydrogen-bond acceptors (Lipinski definition) is 3. The van der Waals surface area contributed by atoms with Crippen molar-refractivity contribution in [3.8, 4) is 11.3 Å². The van der Waals surface area contributed by atoms with E-state index >= 15 is 0 Å². The fourth-order valence-corrected chi connectivity index (χ4v) is 2.43. The van der Waals surface area contributed by atoms with E-state index in [1.165, 1.54) is 5.56 Å². The lowest BCUT2D eigenvalue weighted by molar-refractivity contribution is 0.899. The summed E-state index contributed by atoms with van der Waals surface area (Å²) in [5, 5.41) is 0. The normalized spacial score (nSPS) is 10.4. The number of benzene rings is 2. The zero-order valence-electron chi connectivity index (χ0n) is 12.6. The van der Waals surface area contributed by atoms with Crippen LogP contribution in [0.4, 0.5) is 11.5 Å². The number of rotatable bonds is 4. The average Bonchev–Trinajstić information content (AvgIpc) is 2.56. The molecule has 1 aromatic heterocycles. The number of nitrogens with two attached hydrogens (primary N) is 1. The molecule has 22 heavy (non-hydrogen) atoms. The SMILES string of the molecule is CN(Cc1ccccc1)c1cccc(-c2cccc(N)c2)n1. The first-order valence-electron chi connectivity index (χ1n) is 7.30. The van der Waals surface area contributed by atoms with Crippen LogP contribution >= 0.6 is 0 Å². The first kappa shape index (κ1) is 14.1. The lowest BCUT2D eigenvalue weighted by atomic mass is 10.1. The first-order valence-corrected chi connectivity index (χ1v) is 7.30.